The van der Waals surface area contributed by atoms with Crippen LogP contribution in [0, 0.1) is 0 Å². The van der Waals surface area contributed by atoms with Crippen LogP contribution in [0.3, 0.4) is 0 Å². The van der Waals surface area contributed by atoms with Gasteiger partial charge in [0.1, 0.15) is 11.9 Å². The van der Waals surface area contributed by atoms with E-state index in [2.05, 4.69) is 5.32 Å². The molecule has 1 atom stereocenters. The third kappa shape index (κ3) is 2.60. The third-order valence-electron chi connectivity index (χ3n) is 3.20. The van der Waals surface area contributed by atoms with Gasteiger partial charge in [-0.1, -0.05) is 30.3 Å². The first-order valence-corrected chi connectivity index (χ1v) is 6.41. The minimum absolute atomic E-state index is 0.109. The molecule has 3 heteroatoms. The van der Waals surface area contributed by atoms with E-state index in [0.717, 1.165) is 5.69 Å². The first kappa shape index (κ1) is 11.8. The number of ketones is 1. The first-order chi connectivity index (χ1) is 9.33. The Morgan fingerprint density at radius 2 is 1.79 bits per heavy atom. The van der Waals surface area contributed by atoms with Gasteiger partial charge in [-0.25, -0.2) is 0 Å². The van der Waals surface area contributed by atoms with Crippen LogP contribution >= 0.6 is 0 Å². The van der Waals surface area contributed by atoms with E-state index in [9.17, 15) is 4.79 Å². The number of anilines is 1. The quantitative estimate of drug-likeness (QED) is 0.913. The molecule has 3 nitrogen and oxygen atoms in total. The number of hydrogen-bond donors (Lipinski definition) is 1. The Bertz CT molecular complexity index is 580. The number of carbonyl (C=O) groups is 1. The van der Waals surface area contributed by atoms with Crippen molar-refractivity contribution in [2.24, 2.45) is 0 Å². The summed E-state index contributed by atoms with van der Waals surface area (Å²) in [6, 6.07) is 17.3. The lowest BCUT2D eigenvalue weighted by atomic mass is 10.0. The summed E-state index contributed by atoms with van der Waals surface area (Å²) in [4.78, 5) is 12.0. The van der Waals surface area contributed by atoms with Crippen molar-refractivity contribution in [1.29, 1.82) is 0 Å². The van der Waals surface area contributed by atoms with Gasteiger partial charge in [0.25, 0.3) is 0 Å². The molecule has 0 spiro atoms. The summed E-state index contributed by atoms with van der Waals surface area (Å²) in [5.74, 6) is 0.848. The van der Waals surface area contributed by atoms with E-state index in [1.165, 1.54) is 0 Å². The first-order valence-electron chi connectivity index (χ1n) is 6.41. The van der Waals surface area contributed by atoms with Gasteiger partial charge in [0.15, 0.2) is 5.78 Å². The lowest BCUT2D eigenvalue weighted by molar-refractivity contribution is 0.0864. The maximum atomic E-state index is 12.0. The van der Waals surface area contributed by atoms with Crippen LogP contribution in [-0.4, -0.2) is 18.4 Å². The van der Waals surface area contributed by atoms with Gasteiger partial charge >= 0.3 is 0 Å². The van der Waals surface area contributed by atoms with Gasteiger partial charge in [0.05, 0.1) is 12.1 Å². The normalized spacial score (nSPS) is 17.5. The highest BCUT2D eigenvalue weighted by molar-refractivity contribution is 5.99. The predicted octanol–water partition coefficient (Wildman–Crippen LogP) is 3.13. The van der Waals surface area contributed by atoms with E-state index in [4.69, 9.17) is 4.74 Å². The number of nitrogens with one attached hydrogen (secondary N) is 1. The molecule has 1 aliphatic heterocycles. The van der Waals surface area contributed by atoms with Crippen molar-refractivity contribution in [2.75, 3.05) is 11.9 Å². The molecule has 2 aromatic rings. The summed E-state index contributed by atoms with van der Waals surface area (Å²) in [5.41, 5.74) is 1.73. The molecule has 0 saturated heterocycles. The highest BCUT2D eigenvalue weighted by atomic mass is 16.5. The fourth-order valence-corrected chi connectivity index (χ4v) is 2.24. The van der Waals surface area contributed by atoms with Crippen LogP contribution in [0.15, 0.2) is 54.6 Å². The molecule has 19 heavy (non-hydrogen) atoms. The Labute approximate surface area is 112 Å². The Morgan fingerprint density at radius 3 is 2.63 bits per heavy atom. The largest absolute Gasteiger partial charge is 0.487 e. The Balaban J connectivity index is 1.67. The van der Waals surface area contributed by atoms with Crippen molar-refractivity contribution in [1.82, 2.24) is 0 Å². The predicted molar refractivity (Wildman–Crippen MR) is 74.7 cm³/mol. The lowest BCUT2D eigenvalue weighted by Crippen LogP contribution is -2.32. The van der Waals surface area contributed by atoms with Crippen LogP contribution in [0.5, 0.6) is 5.75 Å². The minimum atomic E-state index is -0.109. The molecule has 0 amide bonds. The molecule has 0 aliphatic carbocycles. The molecular weight excluding hydrogens is 238 g/mol. The molecule has 1 aliphatic rings. The number of para-hydroxylation sites is 2. The number of rotatable bonds is 3. The molecule has 3 rings (SSSR count). The summed E-state index contributed by atoms with van der Waals surface area (Å²) >= 11 is 0. The molecule has 1 heterocycles. The van der Waals surface area contributed by atoms with E-state index in [1.807, 2.05) is 54.6 Å². The lowest BCUT2D eigenvalue weighted by Gasteiger charge is -2.25. The number of Topliss-reactive ketones (excluding diaryl/α,β-unsaturated/α-hetero) is 1. The number of hydrogen-bond acceptors (Lipinski definition) is 3. The van der Waals surface area contributed by atoms with Gasteiger partial charge in [-0.05, 0) is 24.3 Å². The van der Waals surface area contributed by atoms with Gasteiger partial charge < -0.3 is 10.1 Å². The summed E-state index contributed by atoms with van der Waals surface area (Å²) in [6.45, 7) is 0.629. The van der Waals surface area contributed by atoms with Crippen LogP contribution in [0.25, 0.3) is 0 Å². The van der Waals surface area contributed by atoms with Crippen molar-refractivity contribution < 1.29 is 9.53 Å². The fourth-order valence-electron chi connectivity index (χ4n) is 2.24. The molecule has 0 saturated carbocycles. The van der Waals surface area contributed by atoms with Crippen LogP contribution in [0.4, 0.5) is 5.69 Å². The number of ether oxygens (including phenoxy) is 1. The van der Waals surface area contributed by atoms with Crippen molar-refractivity contribution >= 4 is 11.5 Å². The van der Waals surface area contributed by atoms with E-state index in [-0.39, 0.29) is 11.9 Å². The Hall–Kier alpha value is -2.29. The Morgan fingerprint density at radius 1 is 1.05 bits per heavy atom. The summed E-state index contributed by atoms with van der Waals surface area (Å²) in [5, 5.41) is 3.29. The smallest absolute Gasteiger partial charge is 0.170 e. The number of carbonyl (C=O) groups excluding carboxylic acids is 1. The van der Waals surface area contributed by atoms with Gasteiger partial charge in [0.2, 0.25) is 0 Å². The second-order valence-corrected chi connectivity index (χ2v) is 4.61. The number of fused-ring (bicyclic) bond motifs is 1. The molecule has 0 aromatic heterocycles. The zero-order chi connectivity index (χ0) is 13.1. The molecule has 1 N–H and O–H groups in total. The maximum Gasteiger partial charge on any atom is 0.170 e. The van der Waals surface area contributed by atoms with Crippen LogP contribution in [-0.2, 0) is 0 Å². The van der Waals surface area contributed by atoms with E-state index >= 15 is 0 Å². The summed E-state index contributed by atoms with van der Waals surface area (Å²) in [7, 11) is 0. The second kappa shape index (κ2) is 5.14. The van der Waals surface area contributed by atoms with Crippen molar-refractivity contribution in [2.45, 2.75) is 12.5 Å². The van der Waals surface area contributed by atoms with Gasteiger partial charge in [-0.2, -0.15) is 0 Å². The topological polar surface area (TPSA) is 38.3 Å². The summed E-state index contributed by atoms with van der Waals surface area (Å²) < 4.78 is 5.84. The molecule has 0 fully saturated rings. The number of benzene rings is 2. The molecule has 1 unspecified atom stereocenters. The van der Waals surface area contributed by atoms with E-state index < -0.39 is 0 Å². The Kier molecular flexibility index (Phi) is 3.19. The molecule has 96 valence electrons. The summed E-state index contributed by atoms with van der Waals surface area (Å²) in [6.07, 6.45) is 0.319. The van der Waals surface area contributed by atoms with Crippen LogP contribution in [0.1, 0.15) is 16.8 Å². The maximum absolute atomic E-state index is 12.0. The van der Waals surface area contributed by atoms with E-state index in [1.54, 1.807) is 0 Å². The fraction of sp³-hybridized carbons (Fsp3) is 0.188. The van der Waals surface area contributed by atoms with Gasteiger partial charge in [0, 0.05) is 12.1 Å². The highest BCUT2D eigenvalue weighted by Crippen LogP contribution is 2.27. The molecule has 0 radical (unpaired) electrons. The average Bonchev–Trinajstić information content (AvgIpc) is 2.46. The SMILES string of the molecule is O=C1CC(CNc2ccccc2)Oc2ccccc21. The third-order valence-corrected chi connectivity index (χ3v) is 3.20. The molecular formula is C16H15NO2. The zero-order valence-corrected chi connectivity index (χ0v) is 10.5. The monoisotopic (exact) mass is 253 g/mol. The van der Waals surface area contributed by atoms with Gasteiger partial charge in [-0.15, -0.1) is 0 Å². The van der Waals surface area contributed by atoms with Gasteiger partial charge in [-0.3, -0.25) is 4.79 Å². The molecule has 0 bridgehead atoms. The van der Waals surface area contributed by atoms with Crippen molar-refractivity contribution in [3.8, 4) is 5.75 Å². The highest BCUT2D eigenvalue weighted by Gasteiger charge is 2.25. The van der Waals surface area contributed by atoms with Crippen LogP contribution < -0.4 is 10.1 Å². The van der Waals surface area contributed by atoms with E-state index in [0.29, 0.717) is 24.3 Å². The second-order valence-electron chi connectivity index (χ2n) is 4.61. The molecule has 2 aromatic carbocycles. The average molecular weight is 253 g/mol. The minimum Gasteiger partial charge on any atom is -0.487 e. The van der Waals surface area contributed by atoms with Crippen molar-refractivity contribution in [3.05, 3.63) is 60.2 Å². The standard InChI is InChI=1S/C16H15NO2/c18-15-10-13(11-17-12-6-2-1-3-7-12)19-16-9-5-4-8-14(15)16/h1-9,13,17H,10-11H2. The van der Waals surface area contributed by atoms with Crippen molar-refractivity contribution in [3.63, 3.8) is 0 Å². The van der Waals surface area contributed by atoms with Crippen LogP contribution in [0.2, 0.25) is 0 Å². The zero-order valence-electron chi connectivity index (χ0n) is 10.5.